The second kappa shape index (κ2) is 11.0. The van der Waals surface area contributed by atoms with Crippen molar-refractivity contribution >= 4 is 16.7 Å². The number of carbonyl (C=O) groups excluding carboxylic acids is 1. The summed E-state index contributed by atoms with van der Waals surface area (Å²) in [5, 5.41) is 15.5. The Kier molecular flexibility index (Phi) is 7.10. The molecule has 200 valence electrons. The highest BCUT2D eigenvalue weighted by Crippen LogP contribution is 2.51. The number of rotatable bonds is 9. The molecule has 5 aromatic carbocycles. The van der Waals surface area contributed by atoms with Crippen molar-refractivity contribution in [3.05, 3.63) is 149 Å². The first-order valence-electron chi connectivity index (χ1n) is 14.0. The molecule has 3 atom stereocenters. The molecule has 6 rings (SSSR count). The van der Waals surface area contributed by atoms with Gasteiger partial charge < -0.3 is 16.2 Å². The number of amides is 1. The highest BCUT2D eigenvalue weighted by atomic mass is 16.3. The third-order valence-corrected chi connectivity index (χ3v) is 8.28. The van der Waals surface area contributed by atoms with Gasteiger partial charge in [0, 0.05) is 23.9 Å². The van der Waals surface area contributed by atoms with Crippen LogP contribution in [0, 0.1) is 0 Å². The van der Waals surface area contributed by atoms with Gasteiger partial charge in [-0.1, -0.05) is 109 Å². The minimum absolute atomic E-state index is 0.00753. The maximum absolute atomic E-state index is 12.6. The van der Waals surface area contributed by atoms with E-state index in [1.807, 2.05) is 6.07 Å². The number of hydrogen-bond acceptors (Lipinski definition) is 3. The number of nitrogens with two attached hydrogens (primary N) is 1. The van der Waals surface area contributed by atoms with Crippen molar-refractivity contribution in [2.75, 3.05) is 6.54 Å². The zero-order chi connectivity index (χ0) is 27.5. The minimum atomic E-state index is -0.264. The van der Waals surface area contributed by atoms with E-state index >= 15 is 0 Å². The van der Waals surface area contributed by atoms with Crippen LogP contribution in [0.5, 0.6) is 5.75 Å². The van der Waals surface area contributed by atoms with Crippen molar-refractivity contribution in [2.24, 2.45) is 5.73 Å². The van der Waals surface area contributed by atoms with Crippen molar-refractivity contribution in [2.45, 2.75) is 36.6 Å². The lowest BCUT2D eigenvalue weighted by molar-refractivity contribution is 0.0950. The summed E-state index contributed by atoms with van der Waals surface area (Å²) >= 11 is 0. The van der Waals surface area contributed by atoms with Crippen LogP contribution in [0.25, 0.3) is 10.8 Å². The number of carbonyl (C=O) groups is 1. The van der Waals surface area contributed by atoms with Crippen LogP contribution >= 0.6 is 0 Å². The van der Waals surface area contributed by atoms with Gasteiger partial charge in [-0.15, -0.1) is 0 Å². The van der Waals surface area contributed by atoms with Crippen LogP contribution in [-0.2, 0) is 6.42 Å². The van der Waals surface area contributed by atoms with E-state index < -0.39 is 0 Å². The Morgan fingerprint density at radius 2 is 1.50 bits per heavy atom. The van der Waals surface area contributed by atoms with E-state index in [9.17, 15) is 9.90 Å². The molecule has 5 aromatic rings. The lowest BCUT2D eigenvalue weighted by Crippen LogP contribution is -2.27. The van der Waals surface area contributed by atoms with Crippen LogP contribution in [0.1, 0.15) is 57.3 Å². The van der Waals surface area contributed by atoms with Gasteiger partial charge >= 0.3 is 0 Å². The summed E-state index contributed by atoms with van der Waals surface area (Å²) in [6.45, 7) is 0.495. The molecule has 0 bridgehead atoms. The second-order valence-corrected chi connectivity index (χ2v) is 11.0. The fourth-order valence-corrected chi connectivity index (χ4v) is 5.96. The normalized spacial score (nSPS) is 18.8. The molecule has 1 amide bonds. The van der Waals surface area contributed by atoms with Gasteiger partial charge in [-0.3, -0.25) is 4.79 Å². The number of hydrogen-bond donors (Lipinski definition) is 3. The smallest absolute Gasteiger partial charge is 0.255 e. The SMILES string of the molecule is NC1(Cc2ccc3ccccc3c2)CC1c1ccc(C(CCNC(=O)c2ccccc2O)c2ccccc2)cc1. The van der Waals surface area contributed by atoms with E-state index in [2.05, 4.69) is 96.3 Å². The molecule has 4 nitrogen and oxygen atoms in total. The summed E-state index contributed by atoms with van der Waals surface area (Å²) in [4.78, 5) is 12.6. The minimum Gasteiger partial charge on any atom is -0.507 e. The number of nitrogens with one attached hydrogen (secondary N) is 1. The number of para-hydroxylation sites is 1. The number of phenolic OH excluding ortho intramolecular Hbond substituents is 1. The molecule has 3 unspecified atom stereocenters. The van der Waals surface area contributed by atoms with Crippen molar-refractivity contribution < 1.29 is 9.90 Å². The fourth-order valence-electron chi connectivity index (χ4n) is 5.96. The second-order valence-electron chi connectivity index (χ2n) is 11.0. The van der Waals surface area contributed by atoms with Gasteiger partial charge in [0.1, 0.15) is 5.75 Å². The van der Waals surface area contributed by atoms with Crippen molar-refractivity contribution in [3.8, 4) is 5.75 Å². The topological polar surface area (TPSA) is 75.3 Å². The molecular formula is C36H34N2O2. The molecular weight excluding hydrogens is 492 g/mol. The predicted octanol–water partition coefficient (Wildman–Crippen LogP) is 6.92. The Labute approximate surface area is 235 Å². The highest BCUT2D eigenvalue weighted by Gasteiger charge is 2.51. The Balaban J connectivity index is 1.14. The van der Waals surface area contributed by atoms with E-state index in [1.54, 1.807) is 18.2 Å². The quantitative estimate of drug-likeness (QED) is 0.195. The number of benzene rings is 5. The third kappa shape index (κ3) is 5.49. The van der Waals surface area contributed by atoms with Crippen molar-refractivity contribution in [1.82, 2.24) is 5.32 Å². The first-order chi connectivity index (χ1) is 19.5. The Bertz CT molecular complexity index is 1630. The Hall–Kier alpha value is -4.41. The lowest BCUT2D eigenvalue weighted by atomic mass is 9.87. The first-order valence-corrected chi connectivity index (χ1v) is 14.0. The molecule has 0 aliphatic heterocycles. The van der Waals surface area contributed by atoms with Gasteiger partial charge in [0.25, 0.3) is 5.91 Å². The van der Waals surface area contributed by atoms with Gasteiger partial charge in [0.05, 0.1) is 5.56 Å². The zero-order valence-corrected chi connectivity index (χ0v) is 22.5. The molecule has 4 N–H and O–H groups in total. The van der Waals surface area contributed by atoms with Gasteiger partial charge in [-0.2, -0.15) is 0 Å². The van der Waals surface area contributed by atoms with Gasteiger partial charge in [-0.25, -0.2) is 0 Å². The predicted molar refractivity (Wildman–Crippen MR) is 162 cm³/mol. The molecule has 0 radical (unpaired) electrons. The van der Waals surface area contributed by atoms with Gasteiger partial charge in [-0.05, 0) is 64.4 Å². The maximum Gasteiger partial charge on any atom is 0.255 e. The van der Waals surface area contributed by atoms with E-state index in [1.165, 1.54) is 39.1 Å². The van der Waals surface area contributed by atoms with E-state index in [-0.39, 0.29) is 23.1 Å². The summed E-state index contributed by atoms with van der Waals surface area (Å²) in [5.74, 6) is 0.215. The van der Waals surface area contributed by atoms with E-state index in [4.69, 9.17) is 5.73 Å². The highest BCUT2D eigenvalue weighted by molar-refractivity contribution is 5.96. The monoisotopic (exact) mass is 526 g/mol. The molecule has 4 heteroatoms. The maximum atomic E-state index is 12.6. The standard InChI is InChI=1S/C36H34N2O2/c37-36(23-25-14-15-26-8-4-5-11-30(26)22-25)24-33(36)29-18-16-28(17-19-29)31(27-9-2-1-3-10-27)20-21-38-35(40)32-12-6-7-13-34(32)39/h1-19,22,31,33,39H,20-21,23-24,37H2,(H,38,40). The summed E-state index contributed by atoms with van der Waals surface area (Å²) in [6, 6.07) is 41.0. The molecule has 40 heavy (non-hydrogen) atoms. The Morgan fingerprint density at radius 3 is 2.27 bits per heavy atom. The van der Waals surface area contributed by atoms with Gasteiger partial charge in [0.15, 0.2) is 0 Å². The van der Waals surface area contributed by atoms with Crippen LogP contribution in [0.3, 0.4) is 0 Å². The lowest BCUT2D eigenvalue weighted by Gasteiger charge is -2.19. The average Bonchev–Trinajstić information content (AvgIpc) is 3.66. The summed E-state index contributed by atoms with van der Waals surface area (Å²) in [7, 11) is 0. The fraction of sp³-hybridized carbons (Fsp3) is 0.194. The average molecular weight is 527 g/mol. The summed E-state index contributed by atoms with van der Waals surface area (Å²) < 4.78 is 0. The first kappa shape index (κ1) is 25.8. The zero-order valence-electron chi connectivity index (χ0n) is 22.5. The van der Waals surface area contributed by atoms with E-state index in [0.29, 0.717) is 18.0 Å². The molecule has 1 saturated carbocycles. The number of phenols is 1. The molecule has 1 fully saturated rings. The Morgan fingerprint density at radius 1 is 0.825 bits per heavy atom. The van der Waals surface area contributed by atoms with Crippen molar-refractivity contribution in [1.29, 1.82) is 0 Å². The van der Waals surface area contributed by atoms with E-state index in [0.717, 1.165) is 19.3 Å². The van der Waals surface area contributed by atoms with Crippen molar-refractivity contribution in [3.63, 3.8) is 0 Å². The summed E-state index contributed by atoms with van der Waals surface area (Å²) in [6.07, 6.45) is 2.60. The van der Waals surface area contributed by atoms with Crippen LogP contribution in [0.4, 0.5) is 0 Å². The van der Waals surface area contributed by atoms with Crippen LogP contribution in [-0.4, -0.2) is 23.1 Å². The molecule has 0 spiro atoms. The van der Waals surface area contributed by atoms with Crippen LogP contribution < -0.4 is 11.1 Å². The summed E-state index contributed by atoms with van der Waals surface area (Å²) in [5.41, 5.74) is 12.0. The number of aromatic hydroxyl groups is 1. The van der Waals surface area contributed by atoms with Gasteiger partial charge in [0.2, 0.25) is 0 Å². The van der Waals surface area contributed by atoms with Crippen LogP contribution in [0.15, 0.2) is 121 Å². The molecule has 1 aliphatic carbocycles. The molecule has 1 aliphatic rings. The number of fused-ring (bicyclic) bond motifs is 1. The third-order valence-electron chi connectivity index (χ3n) is 8.28. The largest absolute Gasteiger partial charge is 0.507 e. The molecule has 0 aromatic heterocycles. The molecule has 0 saturated heterocycles. The molecule has 0 heterocycles. The van der Waals surface area contributed by atoms with Crippen LogP contribution in [0.2, 0.25) is 0 Å².